The molecule has 5 nitrogen and oxygen atoms in total. The van der Waals surface area contributed by atoms with E-state index in [2.05, 4.69) is 4.98 Å². The van der Waals surface area contributed by atoms with Crippen LogP contribution in [0.3, 0.4) is 0 Å². The van der Waals surface area contributed by atoms with Gasteiger partial charge in [0.05, 0.1) is 11.1 Å². The van der Waals surface area contributed by atoms with E-state index in [-0.39, 0.29) is 0 Å². The molecule has 9 heteroatoms. The second kappa shape index (κ2) is 4.19. The van der Waals surface area contributed by atoms with E-state index in [0.717, 1.165) is 0 Å². The van der Waals surface area contributed by atoms with Crippen LogP contribution >= 0.6 is 10.7 Å². The third-order valence-corrected chi connectivity index (χ3v) is 2.83. The molecule has 0 aliphatic carbocycles. The average molecular weight is 269 g/mol. The van der Waals surface area contributed by atoms with E-state index >= 15 is 0 Å². The monoisotopic (exact) mass is 268 g/mol. The van der Waals surface area contributed by atoms with E-state index in [9.17, 15) is 22.3 Å². The highest BCUT2D eigenvalue weighted by Crippen LogP contribution is 2.35. The van der Waals surface area contributed by atoms with Crippen molar-refractivity contribution < 1.29 is 22.3 Å². The zero-order valence-electron chi connectivity index (χ0n) is 7.35. The Labute approximate surface area is 93.3 Å². The maximum absolute atomic E-state index is 12.5. The predicted molar refractivity (Wildman–Crippen MR) is 48.6 cm³/mol. The van der Waals surface area contributed by atoms with Gasteiger partial charge in [-0.3, -0.25) is 0 Å². The molecule has 0 atom stereocenters. The van der Waals surface area contributed by atoms with Crippen molar-refractivity contribution in [1.82, 2.24) is 4.98 Å². The number of nitrogens with zero attached hydrogens (tertiary/aromatic N) is 2. The molecule has 1 aromatic heterocycles. The van der Waals surface area contributed by atoms with Crippen LogP contribution in [0.4, 0.5) is 8.78 Å². The van der Waals surface area contributed by atoms with E-state index in [1.54, 1.807) is 0 Å². The number of rotatable bonds is 2. The van der Waals surface area contributed by atoms with Crippen LogP contribution in [0.2, 0.25) is 0 Å². The maximum Gasteiger partial charge on any atom is 0.282 e. The number of halogens is 3. The van der Waals surface area contributed by atoms with Crippen LogP contribution in [0, 0.1) is 11.3 Å². The largest absolute Gasteiger partial charge is 0.504 e. The molecule has 0 saturated heterocycles. The van der Waals surface area contributed by atoms with Crippen molar-refractivity contribution in [2.75, 3.05) is 0 Å². The van der Waals surface area contributed by atoms with Crippen LogP contribution in [-0.4, -0.2) is 18.5 Å². The van der Waals surface area contributed by atoms with Gasteiger partial charge in [0.25, 0.3) is 15.5 Å². The first-order valence-electron chi connectivity index (χ1n) is 3.63. The summed E-state index contributed by atoms with van der Waals surface area (Å²) >= 11 is 0. The molecule has 0 unspecified atom stereocenters. The predicted octanol–water partition coefficient (Wildman–Crippen LogP) is 1.52. The van der Waals surface area contributed by atoms with E-state index in [0.29, 0.717) is 6.20 Å². The lowest BCUT2D eigenvalue weighted by atomic mass is 10.1. The Morgan fingerprint density at radius 3 is 2.50 bits per heavy atom. The third-order valence-electron chi connectivity index (χ3n) is 1.63. The topological polar surface area (TPSA) is 91.0 Å². The number of nitriles is 1. The summed E-state index contributed by atoms with van der Waals surface area (Å²) in [7, 11) is 0.412. The molecular weight excluding hydrogens is 266 g/mol. The summed E-state index contributed by atoms with van der Waals surface area (Å²) in [4.78, 5) is 3.14. The molecule has 1 rings (SSSR count). The van der Waals surface area contributed by atoms with Crippen molar-refractivity contribution in [1.29, 1.82) is 5.26 Å². The van der Waals surface area contributed by atoms with Gasteiger partial charge in [-0.1, -0.05) is 0 Å². The molecule has 0 radical (unpaired) electrons. The summed E-state index contributed by atoms with van der Waals surface area (Å²) in [6.45, 7) is 0. The van der Waals surface area contributed by atoms with Crippen molar-refractivity contribution >= 4 is 19.7 Å². The fourth-order valence-electron chi connectivity index (χ4n) is 0.985. The molecule has 1 heterocycles. The van der Waals surface area contributed by atoms with E-state index in [1.807, 2.05) is 0 Å². The Hall–Kier alpha value is -1.46. The van der Waals surface area contributed by atoms with Crippen molar-refractivity contribution in [3.05, 3.63) is 17.3 Å². The van der Waals surface area contributed by atoms with E-state index in [4.69, 9.17) is 15.9 Å². The van der Waals surface area contributed by atoms with Crippen LogP contribution in [0.15, 0.2) is 11.2 Å². The molecule has 16 heavy (non-hydrogen) atoms. The lowest BCUT2D eigenvalue weighted by molar-refractivity contribution is 0.146. The number of hydrogen-bond acceptors (Lipinski definition) is 5. The molecule has 0 aromatic carbocycles. The van der Waals surface area contributed by atoms with Gasteiger partial charge >= 0.3 is 0 Å². The van der Waals surface area contributed by atoms with Crippen molar-refractivity contribution in [3.63, 3.8) is 0 Å². The molecule has 0 fully saturated rings. The van der Waals surface area contributed by atoms with Gasteiger partial charge in [0, 0.05) is 16.9 Å². The SMILES string of the molecule is N#Cc1cnc(S(=O)(=O)Cl)c(O)c1C(F)F. The lowest BCUT2D eigenvalue weighted by Gasteiger charge is -2.07. The second-order valence-corrected chi connectivity index (χ2v) is 5.07. The van der Waals surface area contributed by atoms with Gasteiger partial charge in [-0.15, -0.1) is 0 Å². The number of aromatic nitrogens is 1. The standard InChI is InChI=1S/C7H3ClF2N2O3S/c8-16(14,15)7-5(13)4(6(9)10)3(1-11)2-12-7/h2,6,13H. The highest BCUT2D eigenvalue weighted by atomic mass is 35.7. The summed E-state index contributed by atoms with van der Waals surface area (Å²) in [5.74, 6) is -1.30. The van der Waals surface area contributed by atoms with Crippen LogP contribution in [0.1, 0.15) is 17.6 Å². The molecule has 0 aliphatic rings. The third kappa shape index (κ3) is 2.20. The molecular formula is C7H3ClF2N2O3S. The van der Waals surface area contributed by atoms with Crippen LogP contribution < -0.4 is 0 Å². The quantitative estimate of drug-likeness (QED) is 0.821. The molecule has 1 aromatic rings. The number of alkyl halides is 2. The minimum absolute atomic E-state index is 0.608. The van der Waals surface area contributed by atoms with Gasteiger partial charge in [0.15, 0.2) is 5.75 Å². The Bertz CT molecular complexity index is 568. The highest BCUT2D eigenvalue weighted by Gasteiger charge is 2.27. The summed E-state index contributed by atoms with van der Waals surface area (Å²) in [6.07, 6.45) is -2.61. The first-order chi connectivity index (χ1) is 7.29. The zero-order valence-corrected chi connectivity index (χ0v) is 8.93. The molecule has 86 valence electrons. The second-order valence-electron chi connectivity index (χ2n) is 2.59. The van der Waals surface area contributed by atoms with Crippen LogP contribution in [0.25, 0.3) is 0 Å². The molecule has 0 saturated carbocycles. The number of hydrogen-bond donors (Lipinski definition) is 1. The molecule has 0 spiro atoms. The summed E-state index contributed by atoms with van der Waals surface area (Å²) in [6, 6.07) is 1.36. The smallest absolute Gasteiger partial charge is 0.282 e. The number of pyridine rings is 1. The van der Waals surface area contributed by atoms with E-state index in [1.165, 1.54) is 6.07 Å². The normalized spacial score (nSPS) is 11.4. The van der Waals surface area contributed by atoms with Gasteiger partial charge in [0.1, 0.15) is 6.07 Å². The van der Waals surface area contributed by atoms with Crippen LogP contribution in [-0.2, 0) is 9.05 Å². The Morgan fingerprint density at radius 2 is 2.12 bits per heavy atom. The summed E-state index contributed by atoms with van der Waals surface area (Å²) < 4.78 is 46.6. The van der Waals surface area contributed by atoms with Gasteiger partial charge in [0.2, 0.25) is 5.03 Å². The first kappa shape index (κ1) is 12.6. The Kier molecular flexibility index (Phi) is 3.30. The van der Waals surface area contributed by atoms with Crippen molar-refractivity contribution in [2.24, 2.45) is 0 Å². The van der Waals surface area contributed by atoms with Crippen LogP contribution in [0.5, 0.6) is 5.75 Å². The van der Waals surface area contributed by atoms with Crippen molar-refractivity contribution in [3.8, 4) is 11.8 Å². The molecule has 0 aliphatic heterocycles. The van der Waals surface area contributed by atoms with Gasteiger partial charge < -0.3 is 5.11 Å². The van der Waals surface area contributed by atoms with Gasteiger partial charge in [-0.05, 0) is 0 Å². The lowest BCUT2D eigenvalue weighted by Crippen LogP contribution is -2.01. The fourth-order valence-corrected chi connectivity index (χ4v) is 1.84. The zero-order chi connectivity index (χ0) is 12.5. The summed E-state index contributed by atoms with van der Waals surface area (Å²) in [5, 5.41) is 16.6. The average Bonchev–Trinajstić information content (AvgIpc) is 2.14. The Balaban J connectivity index is 3.65. The molecule has 0 amide bonds. The fraction of sp³-hybridized carbons (Fsp3) is 0.143. The van der Waals surface area contributed by atoms with E-state index < -0.39 is 37.4 Å². The number of aromatic hydroxyl groups is 1. The highest BCUT2D eigenvalue weighted by molar-refractivity contribution is 8.13. The van der Waals surface area contributed by atoms with Crippen molar-refractivity contribution in [2.45, 2.75) is 11.5 Å². The molecule has 1 N–H and O–H groups in total. The van der Waals surface area contributed by atoms with Gasteiger partial charge in [-0.2, -0.15) is 5.26 Å². The Morgan fingerprint density at radius 1 is 1.56 bits per heavy atom. The van der Waals surface area contributed by atoms with Gasteiger partial charge in [-0.25, -0.2) is 22.2 Å². The minimum atomic E-state index is -4.45. The minimum Gasteiger partial charge on any atom is -0.504 e. The molecule has 0 bridgehead atoms. The first-order valence-corrected chi connectivity index (χ1v) is 5.94. The maximum atomic E-state index is 12.5. The summed E-state index contributed by atoms with van der Waals surface area (Å²) in [5.41, 5.74) is -1.71.